The van der Waals surface area contributed by atoms with E-state index in [9.17, 15) is 4.79 Å². The fraction of sp³-hybridized carbons (Fsp3) is 0.933. The Labute approximate surface area is 117 Å². The summed E-state index contributed by atoms with van der Waals surface area (Å²) in [5.74, 6) is 1.28. The highest BCUT2D eigenvalue weighted by Gasteiger charge is 2.21. The van der Waals surface area contributed by atoms with Gasteiger partial charge >= 0.3 is 0 Å². The molecule has 0 bridgehead atoms. The molecule has 1 amide bonds. The third kappa shape index (κ3) is 6.39. The summed E-state index contributed by atoms with van der Waals surface area (Å²) in [6.45, 7) is 8.91. The van der Waals surface area contributed by atoms with Gasteiger partial charge in [0.05, 0.1) is 0 Å². The summed E-state index contributed by atoms with van der Waals surface area (Å²) in [6, 6.07) is 0. The van der Waals surface area contributed by atoms with Gasteiger partial charge in [-0.2, -0.15) is 0 Å². The lowest BCUT2D eigenvalue weighted by atomic mass is 9.97. The summed E-state index contributed by atoms with van der Waals surface area (Å²) in [7, 11) is 1.69. The van der Waals surface area contributed by atoms with Gasteiger partial charge < -0.3 is 15.0 Å². The second-order valence-electron chi connectivity index (χ2n) is 5.80. The minimum Gasteiger partial charge on any atom is -0.384 e. The van der Waals surface area contributed by atoms with Crippen molar-refractivity contribution in [3.8, 4) is 0 Å². The number of rotatable bonds is 8. The first-order valence-corrected chi connectivity index (χ1v) is 7.64. The van der Waals surface area contributed by atoms with Crippen LogP contribution >= 0.6 is 0 Å². The number of ether oxygens (including phenoxy) is 1. The molecule has 19 heavy (non-hydrogen) atoms. The normalized spacial score (nSPS) is 18.3. The van der Waals surface area contributed by atoms with Gasteiger partial charge in [-0.1, -0.05) is 13.8 Å². The number of piperidine rings is 1. The summed E-state index contributed by atoms with van der Waals surface area (Å²) in [6.07, 6.45) is 4.04. The molecule has 1 heterocycles. The number of nitrogens with zero attached hydrogens (tertiary/aromatic N) is 1. The van der Waals surface area contributed by atoms with Crippen LogP contribution in [0.2, 0.25) is 0 Å². The average Bonchev–Trinajstić information content (AvgIpc) is 2.39. The zero-order valence-corrected chi connectivity index (χ0v) is 12.8. The van der Waals surface area contributed by atoms with Gasteiger partial charge in [-0.15, -0.1) is 0 Å². The SMILES string of the molecule is CCCN(CC1CCNCC1)C(=O)CC(C)COC. The first-order valence-electron chi connectivity index (χ1n) is 7.64. The van der Waals surface area contributed by atoms with Crippen molar-refractivity contribution in [1.29, 1.82) is 0 Å². The molecular weight excluding hydrogens is 240 g/mol. The molecule has 112 valence electrons. The number of carbonyl (C=O) groups is 1. The molecule has 1 aliphatic heterocycles. The Hall–Kier alpha value is -0.610. The van der Waals surface area contributed by atoms with Crippen molar-refractivity contribution in [2.24, 2.45) is 11.8 Å². The van der Waals surface area contributed by atoms with Gasteiger partial charge in [-0.25, -0.2) is 0 Å². The number of carbonyl (C=O) groups excluding carboxylic acids is 1. The van der Waals surface area contributed by atoms with Crippen LogP contribution in [0.15, 0.2) is 0 Å². The molecule has 1 saturated heterocycles. The van der Waals surface area contributed by atoms with Crippen molar-refractivity contribution in [3.63, 3.8) is 0 Å². The quantitative estimate of drug-likeness (QED) is 0.732. The van der Waals surface area contributed by atoms with Crippen LogP contribution in [0, 0.1) is 11.8 Å². The lowest BCUT2D eigenvalue weighted by molar-refractivity contribution is -0.133. The Kier molecular flexibility index (Phi) is 8.07. The van der Waals surface area contributed by atoms with Crippen molar-refractivity contribution in [2.75, 3.05) is 39.9 Å². The summed E-state index contributed by atoms with van der Waals surface area (Å²) >= 11 is 0. The highest BCUT2D eigenvalue weighted by molar-refractivity contribution is 5.76. The lowest BCUT2D eigenvalue weighted by Gasteiger charge is -2.30. The fourth-order valence-electron chi connectivity index (χ4n) is 2.73. The second-order valence-corrected chi connectivity index (χ2v) is 5.80. The molecule has 1 fully saturated rings. The molecule has 4 heteroatoms. The standard InChI is InChI=1S/C15H30N2O2/c1-4-9-17(11-14-5-7-16-8-6-14)15(18)10-13(2)12-19-3/h13-14,16H,4-12H2,1-3H3. The molecular formula is C15H30N2O2. The van der Waals surface area contributed by atoms with Crippen molar-refractivity contribution in [1.82, 2.24) is 10.2 Å². The molecule has 0 saturated carbocycles. The van der Waals surface area contributed by atoms with Gasteiger partial charge in [-0.05, 0) is 44.2 Å². The van der Waals surface area contributed by atoms with Crippen LogP contribution in [-0.4, -0.2) is 50.7 Å². The van der Waals surface area contributed by atoms with E-state index in [1.54, 1.807) is 7.11 Å². The van der Waals surface area contributed by atoms with Crippen molar-refractivity contribution in [2.45, 2.75) is 39.5 Å². The van der Waals surface area contributed by atoms with Gasteiger partial charge in [-0.3, -0.25) is 4.79 Å². The molecule has 1 rings (SSSR count). The van der Waals surface area contributed by atoms with Crippen molar-refractivity contribution >= 4 is 5.91 Å². The van der Waals surface area contributed by atoms with E-state index in [4.69, 9.17) is 4.74 Å². The van der Waals surface area contributed by atoms with Gasteiger partial charge in [0.1, 0.15) is 0 Å². The third-order valence-corrected chi connectivity index (χ3v) is 3.76. The monoisotopic (exact) mass is 270 g/mol. The molecule has 1 unspecified atom stereocenters. The fourth-order valence-corrected chi connectivity index (χ4v) is 2.73. The molecule has 1 N–H and O–H groups in total. The molecule has 1 atom stereocenters. The summed E-state index contributed by atoms with van der Waals surface area (Å²) in [5.41, 5.74) is 0. The van der Waals surface area contributed by atoms with Crippen LogP contribution in [0.4, 0.5) is 0 Å². The average molecular weight is 270 g/mol. The largest absolute Gasteiger partial charge is 0.384 e. The van der Waals surface area contributed by atoms with E-state index >= 15 is 0 Å². The van der Waals surface area contributed by atoms with Gasteiger partial charge in [0.2, 0.25) is 5.91 Å². The number of amides is 1. The van der Waals surface area contributed by atoms with Crippen LogP contribution < -0.4 is 5.32 Å². The van der Waals surface area contributed by atoms with E-state index in [0.717, 1.165) is 32.6 Å². The Morgan fingerprint density at radius 3 is 2.68 bits per heavy atom. The first kappa shape index (κ1) is 16.4. The second kappa shape index (κ2) is 9.32. The van der Waals surface area contributed by atoms with Crippen LogP contribution in [0.3, 0.4) is 0 Å². The molecule has 0 aromatic carbocycles. The van der Waals surface area contributed by atoms with Gasteiger partial charge in [0, 0.05) is 33.2 Å². The summed E-state index contributed by atoms with van der Waals surface area (Å²) in [5, 5.41) is 3.38. The molecule has 0 radical (unpaired) electrons. The van der Waals surface area contributed by atoms with E-state index in [2.05, 4.69) is 24.1 Å². The summed E-state index contributed by atoms with van der Waals surface area (Å²) < 4.78 is 5.12. The number of nitrogens with one attached hydrogen (secondary N) is 1. The molecule has 1 aliphatic rings. The zero-order valence-electron chi connectivity index (χ0n) is 12.8. The third-order valence-electron chi connectivity index (χ3n) is 3.76. The lowest BCUT2D eigenvalue weighted by Crippen LogP contribution is -2.40. The van der Waals surface area contributed by atoms with Crippen LogP contribution in [-0.2, 0) is 9.53 Å². The Morgan fingerprint density at radius 2 is 2.11 bits per heavy atom. The Balaban J connectivity index is 2.42. The van der Waals surface area contributed by atoms with Crippen LogP contribution in [0.1, 0.15) is 39.5 Å². The van der Waals surface area contributed by atoms with E-state index in [1.807, 2.05) is 0 Å². The van der Waals surface area contributed by atoms with Gasteiger partial charge in [0.15, 0.2) is 0 Å². The Morgan fingerprint density at radius 1 is 1.42 bits per heavy atom. The highest BCUT2D eigenvalue weighted by Crippen LogP contribution is 2.15. The summed E-state index contributed by atoms with van der Waals surface area (Å²) in [4.78, 5) is 14.4. The molecule has 4 nitrogen and oxygen atoms in total. The topological polar surface area (TPSA) is 41.6 Å². The predicted octanol–water partition coefficient (Wildman–Crippen LogP) is 1.90. The van der Waals surface area contributed by atoms with E-state index in [0.29, 0.717) is 30.8 Å². The highest BCUT2D eigenvalue weighted by atomic mass is 16.5. The maximum Gasteiger partial charge on any atom is 0.222 e. The molecule has 0 aliphatic carbocycles. The number of methoxy groups -OCH3 is 1. The van der Waals surface area contributed by atoms with Gasteiger partial charge in [0.25, 0.3) is 0 Å². The maximum absolute atomic E-state index is 12.3. The van der Waals surface area contributed by atoms with E-state index < -0.39 is 0 Å². The molecule has 0 aromatic heterocycles. The molecule has 0 spiro atoms. The minimum absolute atomic E-state index is 0.296. The smallest absolute Gasteiger partial charge is 0.222 e. The Bertz CT molecular complexity index is 253. The predicted molar refractivity (Wildman–Crippen MR) is 78.1 cm³/mol. The van der Waals surface area contributed by atoms with E-state index in [1.165, 1.54) is 12.8 Å². The minimum atomic E-state index is 0.296. The van der Waals surface area contributed by atoms with Crippen LogP contribution in [0.5, 0.6) is 0 Å². The van der Waals surface area contributed by atoms with Crippen LogP contribution in [0.25, 0.3) is 0 Å². The first-order chi connectivity index (χ1) is 9.17. The maximum atomic E-state index is 12.3. The molecule has 0 aromatic rings. The zero-order chi connectivity index (χ0) is 14.1. The number of hydrogen-bond donors (Lipinski definition) is 1. The number of hydrogen-bond acceptors (Lipinski definition) is 3. The van der Waals surface area contributed by atoms with E-state index in [-0.39, 0.29) is 0 Å². The van der Waals surface area contributed by atoms with Crippen molar-refractivity contribution in [3.05, 3.63) is 0 Å². The van der Waals surface area contributed by atoms with Crippen molar-refractivity contribution < 1.29 is 9.53 Å².